The first-order valence-electron chi connectivity index (χ1n) is 5.69. The van der Waals surface area contributed by atoms with Crippen molar-refractivity contribution in [1.29, 1.82) is 0 Å². The van der Waals surface area contributed by atoms with Crippen LogP contribution in [0.1, 0.15) is 26.2 Å². The smallest absolute Gasteiger partial charge is 0.141 e. The second kappa shape index (κ2) is 4.56. The Kier molecular flexibility index (Phi) is 3.14. The van der Waals surface area contributed by atoms with Gasteiger partial charge >= 0.3 is 0 Å². The fraction of sp³-hybridized carbons (Fsp3) is 0.538. The summed E-state index contributed by atoms with van der Waals surface area (Å²) in [7, 11) is 1.72. The molecule has 0 amide bonds. The minimum absolute atomic E-state index is 0.622. The van der Waals surface area contributed by atoms with E-state index < -0.39 is 0 Å². The van der Waals surface area contributed by atoms with Gasteiger partial charge in [-0.25, -0.2) is 0 Å². The molecule has 1 fully saturated rings. The maximum atomic E-state index is 5.32. The Balaban J connectivity index is 2.04. The molecule has 1 N–H and O–H groups in total. The maximum Gasteiger partial charge on any atom is 0.141 e. The van der Waals surface area contributed by atoms with Crippen molar-refractivity contribution in [2.24, 2.45) is 5.92 Å². The standard InChI is InChI=1S/C13H19NO/c1-10-7-8-11(9-10)14-12-5-3-4-6-13(12)15-2/h3-6,10-11,14H,7-9H2,1-2H3/t10-,11-/m0/s1. The van der Waals surface area contributed by atoms with Gasteiger partial charge in [-0.2, -0.15) is 0 Å². The molecule has 0 spiro atoms. The molecule has 2 nitrogen and oxygen atoms in total. The minimum atomic E-state index is 0.622. The number of rotatable bonds is 3. The summed E-state index contributed by atoms with van der Waals surface area (Å²) >= 11 is 0. The van der Waals surface area contributed by atoms with E-state index in [1.807, 2.05) is 18.2 Å². The number of methoxy groups -OCH3 is 1. The number of anilines is 1. The third-order valence-corrected chi connectivity index (χ3v) is 3.16. The average Bonchev–Trinajstić information content (AvgIpc) is 2.65. The lowest BCUT2D eigenvalue weighted by Gasteiger charge is -2.16. The molecule has 0 aromatic heterocycles. The van der Waals surface area contributed by atoms with Gasteiger partial charge in [-0.15, -0.1) is 0 Å². The number of ether oxygens (including phenoxy) is 1. The van der Waals surface area contributed by atoms with Crippen LogP contribution >= 0.6 is 0 Å². The number of hydrogen-bond donors (Lipinski definition) is 1. The minimum Gasteiger partial charge on any atom is -0.495 e. The zero-order chi connectivity index (χ0) is 10.7. The van der Waals surface area contributed by atoms with Crippen molar-refractivity contribution in [3.8, 4) is 5.75 Å². The van der Waals surface area contributed by atoms with E-state index in [2.05, 4.69) is 18.3 Å². The maximum absolute atomic E-state index is 5.32. The van der Waals surface area contributed by atoms with E-state index in [0.717, 1.165) is 17.4 Å². The number of nitrogens with one attached hydrogen (secondary N) is 1. The second-order valence-corrected chi connectivity index (χ2v) is 4.46. The molecule has 0 unspecified atom stereocenters. The Morgan fingerprint density at radius 2 is 2.07 bits per heavy atom. The molecule has 0 aliphatic heterocycles. The Labute approximate surface area is 91.6 Å². The van der Waals surface area contributed by atoms with Crippen molar-refractivity contribution in [2.45, 2.75) is 32.2 Å². The van der Waals surface area contributed by atoms with Crippen molar-refractivity contribution < 1.29 is 4.74 Å². The Morgan fingerprint density at radius 1 is 1.27 bits per heavy atom. The summed E-state index contributed by atoms with van der Waals surface area (Å²) in [5.74, 6) is 1.80. The summed E-state index contributed by atoms with van der Waals surface area (Å²) in [6, 6.07) is 8.75. The molecule has 1 saturated carbocycles. The van der Waals surface area contributed by atoms with Gasteiger partial charge in [0, 0.05) is 6.04 Å². The van der Waals surface area contributed by atoms with Gasteiger partial charge in [0.2, 0.25) is 0 Å². The summed E-state index contributed by atoms with van der Waals surface area (Å²) in [6.07, 6.45) is 3.89. The molecule has 1 aliphatic carbocycles. The lowest BCUT2D eigenvalue weighted by Crippen LogP contribution is -2.15. The Hall–Kier alpha value is -1.18. The molecule has 1 aliphatic rings. The van der Waals surface area contributed by atoms with E-state index in [1.54, 1.807) is 7.11 Å². The van der Waals surface area contributed by atoms with E-state index in [4.69, 9.17) is 4.74 Å². The van der Waals surface area contributed by atoms with E-state index >= 15 is 0 Å². The predicted molar refractivity (Wildman–Crippen MR) is 63.4 cm³/mol. The number of para-hydroxylation sites is 2. The van der Waals surface area contributed by atoms with Crippen LogP contribution in [0.2, 0.25) is 0 Å². The topological polar surface area (TPSA) is 21.3 Å². The highest BCUT2D eigenvalue weighted by Crippen LogP contribution is 2.30. The molecular weight excluding hydrogens is 186 g/mol. The SMILES string of the molecule is COc1ccccc1N[C@H]1CC[C@H](C)C1. The van der Waals surface area contributed by atoms with Gasteiger partial charge in [0.25, 0.3) is 0 Å². The first-order chi connectivity index (χ1) is 7.29. The van der Waals surface area contributed by atoms with Crippen LogP contribution in [-0.4, -0.2) is 13.2 Å². The van der Waals surface area contributed by atoms with E-state index in [-0.39, 0.29) is 0 Å². The summed E-state index contributed by atoms with van der Waals surface area (Å²) < 4.78 is 5.32. The molecule has 1 aromatic rings. The summed E-state index contributed by atoms with van der Waals surface area (Å²) in [4.78, 5) is 0. The van der Waals surface area contributed by atoms with Crippen LogP contribution in [0.25, 0.3) is 0 Å². The van der Waals surface area contributed by atoms with Gasteiger partial charge in [0.1, 0.15) is 5.75 Å². The van der Waals surface area contributed by atoms with Gasteiger partial charge in [-0.05, 0) is 37.3 Å². The lowest BCUT2D eigenvalue weighted by atomic mass is 10.1. The molecule has 0 radical (unpaired) electrons. The van der Waals surface area contributed by atoms with E-state index in [1.165, 1.54) is 19.3 Å². The molecule has 15 heavy (non-hydrogen) atoms. The molecule has 82 valence electrons. The third kappa shape index (κ3) is 2.44. The highest BCUT2D eigenvalue weighted by atomic mass is 16.5. The van der Waals surface area contributed by atoms with Crippen LogP contribution < -0.4 is 10.1 Å². The fourth-order valence-electron chi connectivity index (χ4n) is 2.32. The molecular formula is C13H19NO. The van der Waals surface area contributed by atoms with Crippen LogP contribution in [0.15, 0.2) is 24.3 Å². The quantitative estimate of drug-likeness (QED) is 0.817. The predicted octanol–water partition coefficient (Wildman–Crippen LogP) is 3.30. The summed E-state index contributed by atoms with van der Waals surface area (Å²) in [5.41, 5.74) is 1.12. The zero-order valence-electron chi connectivity index (χ0n) is 9.49. The molecule has 2 rings (SSSR count). The van der Waals surface area contributed by atoms with Crippen molar-refractivity contribution in [1.82, 2.24) is 0 Å². The molecule has 0 bridgehead atoms. The van der Waals surface area contributed by atoms with Gasteiger partial charge in [0.05, 0.1) is 12.8 Å². The van der Waals surface area contributed by atoms with Crippen LogP contribution in [-0.2, 0) is 0 Å². The first-order valence-corrected chi connectivity index (χ1v) is 5.69. The molecule has 0 heterocycles. The number of hydrogen-bond acceptors (Lipinski definition) is 2. The molecule has 0 saturated heterocycles. The van der Waals surface area contributed by atoms with Crippen molar-refractivity contribution in [3.05, 3.63) is 24.3 Å². The zero-order valence-corrected chi connectivity index (χ0v) is 9.49. The van der Waals surface area contributed by atoms with Gasteiger partial charge in [-0.1, -0.05) is 19.1 Å². The molecule has 2 heteroatoms. The summed E-state index contributed by atoms with van der Waals surface area (Å²) in [6.45, 7) is 2.32. The second-order valence-electron chi connectivity index (χ2n) is 4.46. The first kappa shape index (κ1) is 10.3. The van der Waals surface area contributed by atoms with Crippen LogP contribution in [0.3, 0.4) is 0 Å². The van der Waals surface area contributed by atoms with Crippen molar-refractivity contribution >= 4 is 5.69 Å². The third-order valence-electron chi connectivity index (χ3n) is 3.16. The highest BCUT2D eigenvalue weighted by molar-refractivity contribution is 5.56. The van der Waals surface area contributed by atoms with E-state index in [9.17, 15) is 0 Å². The molecule has 1 aromatic carbocycles. The molecule has 2 atom stereocenters. The van der Waals surface area contributed by atoms with Gasteiger partial charge < -0.3 is 10.1 Å². The van der Waals surface area contributed by atoms with Crippen LogP contribution in [0.4, 0.5) is 5.69 Å². The fourth-order valence-corrected chi connectivity index (χ4v) is 2.32. The average molecular weight is 205 g/mol. The Bertz CT molecular complexity index is 324. The Morgan fingerprint density at radius 3 is 2.73 bits per heavy atom. The van der Waals surface area contributed by atoms with Crippen LogP contribution in [0, 0.1) is 5.92 Å². The highest BCUT2D eigenvalue weighted by Gasteiger charge is 2.21. The van der Waals surface area contributed by atoms with E-state index in [0.29, 0.717) is 6.04 Å². The van der Waals surface area contributed by atoms with Crippen molar-refractivity contribution in [3.63, 3.8) is 0 Å². The van der Waals surface area contributed by atoms with Gasteiger partial charge in [-0.3, -0.25) is 0 Å². The summed E-state index contributed by atoms with van der Waals surface area (Å²) in [5, 5.41) is 3.57. The lowest BCUT2D eigenvalue weighted by molar-refractivity contribution is 0.416. The number of benzene rings is 1. The normalized spacial score (nSPS) is 25.2. The monoisotopic (exact) mass is 205 g/mol. The van der Waals surface area contributed by atoms with Crippen LogP contribution in [0.5, 0.6) is 5.75 Å². The largest absolute Gasteiger partial charge is 0.495 e. The van der Waals surface area contributed by atoms with Gasteiger partial charge in [0.15, 0.2) is 0 Å². The van der Waals surface area contributed by atoms with Crippen molar-refractivity contribution in [2.75, 3.05) is 12.4 Å².